The number of unbranched alkanes of at least 4 members (excludes halogenated alkanes) is 15. The molecule has 0 saturated heterocycles. The Morgan fingerprint density at radius 2 is 1.00 bits per heavy atom. The summed E-state index contributed by atoms with van der Waals surface area (Å²) in [7, 11) is 0. The van der Waals surface area contributed by atoms with Gasteiger partial charge in [0.2, 0.25) is 0 Å². The summed E-state index contributed by atoms with van der Waals surface area (Å²) in [6.07, 6.45) is 25.8. The summed E-state index contributed by atoms with van der Waals surface area (Å²) in [5.41, 5.74) is 0. The molecule has 2 nitrogen and oxygen atoms in total. The van der Waals surface area contributed by atoms with Crippen LogP contribution in [0.15, 0.2) is 12.2 Å². The molecule has 0 aliphatic heterocycles. The number of carbonyl (C=O) groups is 1. The van der Waals surface area contributed by atoms with Gasteiger partial charge in [-0.25, -0.2) is 0 Å². The van der Waals surface area contributed by atoms with Gasteiger partial charge in [-0.2, -0.15) is 0 Å². The molecule has 23 heavy (non-hydrogen) atoms. The highest BCUT2D eigenvalue weighted by atomic mass is 16.4. The van der Waals surface area contributed by atoms with Crippen LogP contribution < -0.4 is 0 Å². The van der Waals surface area contributed by atoms with Crippen molar-refractivity contribution in [3.63, 3.8) is 0 Å². The Bertz CT molecular complexity index is 271. The minimum atomic E-state index is -0.654. The molecule has 2 heteroatoms. The van der Waals surface area contributed by atoms with Crippen molar-refractivity contribution in [1.82, 2.24) is 0 Å². The Labute approximate surface area is 144 Å². The molecule has 0 radical (unpaired) electrons. The second kappa shape index (κ2) is 19.3. The van der Waals surface area contributed by atoms with E-state index in [1.54, 1.807) is 0 Å². The van der Waals surface area contributed by atoms with Crippen LogP contribution in [0.3, 0.4) is 0 Å². The van der Waals surface area contributed by atoms with Gasteiger partial charge >= 0.3 is 5.97 Å². The Morgan fingerprint density at radius 3 is 1.35 bits per heavy atom. The second-order valence-corrected chi connectivity index (χ2v) is 6.80. The molecule has 0 spiro atoms. The predicted octanol–water partition coefficient (Wildman–Crippen LogP) is 7.28. The summed E-state index contributed by atoms with van der Waals surface area (Å²) in [6.45, 7) is 2.10. The molecule has 0 fully saturated rings. The molecule has 0 aliphatic carbocycles. The molecular formula is C21H40O2. The summed E-state index contributed by atoms with van der Waals surface area (Å²) in [5.74, 6) is -0.654. The van der Waals surface area contributed by atoms with E-state index in [2.05, 4.69) is 19.1 Å². The van der Waals surface area contributed by atoms with Crippen molar-refractivity contribution in [1.29, 1.82) is 0 Å². The molecule has 0 aromatic rings. The molecule has 0 aromatic carbocycles. The van der Waals surface area contributed by atoms with Crippen molar-refractivity contribution in [3.05, 3.63) is 12.2 Å². The average molecular weight is 325 g/mol. The maximum absolute atomic E-state index is 10.4. The first-order valence-electron chi connectivity index (χ1n) is 10.1. The maximum Gasteiger partial charge on any atom is 0.303 e. The minimum Gasteiger partial charge on any atom is -0.481 e. The van der Waals surface area contributed by atoms with Crippen molar-refractivity contribution in [2.75, 3.05) is 0 Å². The van der Waals surface area contributed by atoms with Crippen LogP contribution in [-0.4, -0.2) is 11.1 Å². The van der Waals surface area contributed by atoms with E-state index in [9.17, 15) is 4.79 Å². The standard InChI is InChI=1S/C21H40O2/c1-2-3-4-5-6-7-8-9-10-11-12-13-14-15-16-17-18-19-20-21(22)23/h2-3H,4-20H2,1H3,(H,22,23). The van der Waals surface area contributed by atoms with E-state index in [1.165, 1.54) is 89.9 Å². The van der Waals surface area contributed by atoms with Crippen molar-refractivity contribution in [2.45, 2.75) is 116 Å². The third-order valence-electron chi connectivity index (χ3n) is 4.50. The van der Waals surface area contributed by atoms with Gasteiger partial charge in [-0.3, -0.25) is 4.79 Å². The summed E-state index contributed by atoms with van der Waals surface area (Å²) in [4.78, 5) is 10.4. The molecule has 1 N–H and O–H groups in total. The van der Waals surface area contributed by atoms with Gasteiger partial charge in [0.1, 0.15) is 0 Å². The van der Waals surface area contributed by atoms with Crippen molar-refractivity contribution < 1.29 is 9.90 Å². The predicted molar refractivity (Wildman–Crippen MR) is 101 cm³/mol. The number of carboxylic acids is 1. The van der Waals surface area contributed by atoms with Crippen LogP contribution in [0.25, 0.3) is 0 Å². The van der Waals surface area contributed by atoms with Crippen molar-refractivity contribution in [2.24, 2.45) is 0 Å². The minimum absolute atomic E-state index is 0.343. The molecule has 0 saturated carbocycles. The molecule has 0 aliphatic rings. The van der Waals surface area contributed by atoms with Gasteiger partial charge in [-0.1, -0.05) is 95.6 Å². The maximum atomic E-state index is 10.4. The fourth-order valence-electron chi connectivity index (χ4n) is 3.00. The monoisotopic (exact) mass is 324 g/mol. The van der Waals surface area contributed by atoms with Gasteiger partial charge < -0.3 is 5.11 Å². The summed E-state index contributed by atoms with van der Waals surface area (Å²) in [6, 6.07) is 0. The molecule has 0 unspecified atom stereocenters. The lowest BCUT2D eigenvalue weighted by atomic mass is 10.0. The first kappa shape index (κ1) is 22.2. The molecular weight excluding hydrogens is 284 g/mol. The fourth-order valence-corrected chi connectivity index (χ4v) is 3.00. The van der Waals surface area contributed by atoms with E-state index in [-0.39, 0.29) is 0 Å². The number of hydrogen-bond donors (Lipinski definition) is 1. The quantitative estimate of drug-likeness (QED) is 0.212. The summed E-state index contributed by atoms with van der Waals surface area (Å²) in [5, 5.41) is 8.55. The Hall–Kier alpha value is -0.790. The van der Waals surface area contributed by atoms with Gasteiger partial charge in [0.05, 0.1) is 0 Å². The van der Waals surface area contributed by atoms with E-state index >= 15 is 0 Å². The average Bonchev–Trinajstić information content (AvgIpc) is 2.53. The zero-order chi connectivity index (χ0) is 17.0. The van der Waals surface area contributed by atoms with E-state index in [1.807, 2.05) is 0 Å². The number of aliphatic carboxylic acids is 1. The van der Waals surface area contributed by atoms with E-state index in [0.29, 0.717) is 6.42 Å². The van der Waals surface area contributed by atoms with Gasteiger partial charge in [-0.05, 0) is 26.2 Å². The number of hydrogen-bond acceptors (Lipinski definition) is 1. The van der Waals surface area contributed by atoms with Crippen LogP contribution in [-0.2, 0) is 4.79 Å². The van der Waals surface area contributed by atoms with Crippen LogP contribution in [0, 0.1) is 0 Å². The summed E-state index contributed by atoms with van der Waals surface area (Å²) < 4.78 is 0. The van der Waals surface area contributed by atoms with Crippen molar-refractivity contribution >= 4 is 5.97 Å². The Balaban J connectivity index is 2.98. The number of carboxylic acid groups (broad SMARTS) is 1. The summed E-state index contributed by atoms with van der Waals surface area (Å²) >= 11 is 0. The van der Waals surface area contributed by atoms with Gasteiger partial charge in [0, 0.05) is 6.42 Å². The van der Waals surface area contributed by atoms with E-state index < -0.39 is 5.97 Å². The van der Waals surface area contributed by atoms with E-state index in [0.717, 1.165) is 12.8 Å². The zero-order valence-electron chi connectivity index (χ0n) is 15.5. The van der Waals surface area contributed by atoms with Crippen LogP contribution in [0.1, 0.15) is 116 Å². The fraction of sp³-hybridized carbons (Fsp3) is 0.857. The highest BCUT2D eigenvalue weighted by molar-refractivity contribution is 5.66. The number of allylic oxidation sites excluding steroid dienone is 2. The van der Waals surface area contributed by atoms with Gasteiger partial charge in [0.25, 0.3) is 0 Å². The lowest BCUT2D eigenvalue weighted by Gasteiger charge is -2.03. The number of rotatable bonds is 18. The van der Waals surface area contributed by atoms with Crippen LogP contribution in [0.4, 0.5) is 0 Å². The normalized spacial score (nSPS) is 11.3. The van der Waals surface area contributed by atoms with Crippen LogP contribution in [0.2, 0.25) is 0 Å². The molecule has 0 atom stereocenters. The Morgan fingerprint density at radius 1 is 0.652 bits per heavy atom. The molecule has 0 rings (SSSR count). The first-order chi connectivity index (χ1) is 11.3. The van der Waals surface area contributed by atoms with Crippen molar-refractivity contribution in [3.8, 4) is 0 Å². The molecule has 0 amide bonds. The van der Waals surface area contributed by atoms with Crippen LogP contribution in [0.5, 0.6) is 0 Å². The lowest BCUT2D eigenvalue weighted by Crippen LogP contribution is -1.93. The largest absolute Gasteiger partial charge is 0.481 e. The molecule has 136 valence electrons. The third-order valence-corrected chi connectivity index (χ3v) is 4.50. The molecule has 0 aromatic heterocycles. The highest BCUT2D eigenvalue weighted by Crippen LogP contribution is 2.14. The SMILES string of the molecule is CC=CCCCCCCCCCCCCCCCCCC(=O)O. The lowest BCUT2D eigenvalue weighted by molar-refractivity contribution is -0.137. The highest BCUT2D eigenvalue weighted by Gasteiger charge is 1.97. The van der Waals surface area contributed by atoms with E-state index in [4.69, 9.17) is 5.11 Å². The molecule has 0 heterocycles. The van der Waals surface area contributed by atoms with Gasteiger partial charge in [0.15, 0.2) is 0 Å². The third kappa shape index (κ3) is 21.2. The smallest absolute Gasteiger partial charge is 0.303 e. The van der Waals surface area contributed by atoms with Crippen LogP contribution >= 0.6 is 0 Å². The first-order valence-corrected chi connectivity index (χ1v) is 10.1. The Kier molecular flexibility index (Phi) is 18.6. The molecule has 0 bridgehead atoms. The second-order valence-electron chi connectivity index (χ2n) is 6.80. The topological polar surface area (TPSA) is 37.3 Å². The van der Waals surface area contributed by atoms with Gasteiger partial charge in [-0.15, -0.1) is 0 Å². The zero-order valence-corrected chi connectivity index (χ0v) is 15.5.